The van der Waals surface area contributed by atoms with Gasteiger partial charge in [0.05, 0.1) is 11.0 Å². The van der Waals surface area contributed by atoms with Crippen molar-refractivity contribution in [2.24, 2.45) is 0 Å². The minimum atomic E-state index is 0.566. The normalized spacial score (nSPS) is 11.6. The predicted molar refractivity (Wildman–Crippen MR) is 203 cm³/mol. The van der Waals surface area contributed by atoms with Gasteiger partial charge < -0.3 is 4.42 Å². The van der Waals surface area contributed by atoms with Gasteiger partial charge in [0.1, 0.15) is 11.2 Å². The van der Waals surface area contributed by atoms with Gasteiger partial charge in [-0.05, 0) is 46.5 Å². The van der Waals surface area contributed by atoms with Gasteiger partial charge in [-0.25, -0.2) is 4.98 Å². The molecule has 0 fully saturated rings. The molecule has 0 spiro atoms. The third-order valence-corrected chi connectivity index (χ3v) is 9.49. The fraction of sp³-hybridized carbons (Fsp3) is 0. The van der Waals surface area contributed by atoms with Crippen molar-refractivity contribution < 1.29 is 4.42 Å². The van der Waals surface area contributed by atoms with E-state index >= 15 is 0 Å². The number of hydrogen-bond donors (Lipinski definition) is 0. The van der Waals surface area contributed by atoms with E-state index in [-0.39, 0.29) is 0 Å². The molecule has 3 heterocycles. The first-order chi connectivity index (χ1) is 24.8. The second kappa shape index (κ2) is 11.4. The number of hydrogen-bond acceptors (Lipinski definition) is 4. The van der Waals surface area contributed by atoms with E-state index in [1.807, 2.05) is 54.6 Å². The van der Waals surface area contributed by atoms with E-state index in [1.165, 1.54) is 5.56 Å². The summed E-state index contributed by atoms with van der Waals surface area (Å²) in [5.74, 6) is 1.80. The Bertz CT molecular complexity index is 2850. The lowest BCUT2D eigenvalue weighted by atomic mass is 9.98. The fourth-order valence-electron chi connectivity index (χ4n) is 7.12. The van der Waals surface area contributed by atoms with Crippen LogP contribution in [0.1, 0.15) is 0 Å². The largest absolute Gasteiger partial charge is 0.456 e. The highest BCUT2D eigenvalue weighted by molar-refractivity contribution is 6.14. The first-order valence-electron chi connectivity index (χ1n) is 16.7. The number of furan rings is 1. The van der Waals surface area contributed by atoms with E-state index in [2.05, 4.69) is 120 Å². The Labute approximate surface area is 287 Å². The number of nitrogens with zero attached hydrogens (tertiary/aromatic N) is 4. The lowest BCUT2D eigenvalue weighted by molar-refractivity contribution is 0.669. The van der Waals surface area contributed by atoms with Crippen molar-refractivity contribution in [3.05, 3.63) is 170 Å². The zero-order valence-corrected chi connectivity index (χ0v) is 26.9. The minimum Gasteiger partial charge on any atom is -0.456 e. The molecule has 5 nitrogen and oxygen atoms in total. The summed E-state index contributed by atoms with van der Waals surface area (Å²) in [6.45, 7) is 0. The molecule has 10 aromatic rings. The van der Waals surface area contributed by atoms with Gasteiger partial charge >= 0.3 is 0 Å². The molecule has 0 N–H and O–H groups in total. The Morgan fingerprint density at radius 3 is 1.72 bits per heavy atom. The molecule has 234 valence electrons. The van der Waals surface area contributed by atoms with Crippen LogP contribution in [0.2, 0.25) is 0 Å². The fourth-order valence-corrected chi connectivity index (χ4v) is 7.12. The standard InChI is InChI=1S/C45H28N4O/c1-3-12-29(13-4-1)30-22-24-32(25-23-30)44-46-43(31-14-5-2-6-15-31)47-45(48-44)49-38-19-9-7-16-35(38)36-27-26-33(28-39(36)49)34-18-11-21-41-42(34)37-17-8-10-20-40(37)50-41/h1-28H. The van der Waals surface area contributed by atoms with Crippen molar-refractivity contribution in [3.63, 3.8) is 0 Å². The molecule has 5 heteroatoms. The van der Waals surface area contributed by atoms with Crippen LogP contribution >= 0.6 is 0 Å². The minimum absolute atomic E-state index is 0.566. The van der Waals surface area contributed by atoms with Crippen molar-refractivity contribution >= 4 is 43.7 Å². The Hall–Kier alpha value is -6.85. The van der Waals surface area contributed by atoms with Gasteiger partial charge in [0.25, 0.3) is 0 Å². The number of benzene rings is 7. The summed E-state index contributed by atoms with van der Waals surface area (Å²) >= 11 is 0. The summed E-state index contributed by atoms with van der Waals surface area (Å²) in [5, 5.41) is 4.48. The zero-order chi connectivity index (χ0) is 33.0. The van der Waals surface area contributed by atoms with Gasteiger partial charge in [-0.15, -0.1) is 0 Å². The van der Waals surface area contributed by atoms with Crippen LogP contribution in [0.25, 0.3) is 94.7 Å². The molecule has 0 radical (unpaired) electrons. The quantitative estimate of drug-likeness (QED) is 0.188. The second-order valence-electron chi connectivity index (χ2n) is 12.5. The summed E-state index contributed by atoms with van der Waals surface area (Å²) in [4.78, 5) is 15.4. The molecular formula is C45H28N4O. The van der Waals surface area contributed by atoms with Crippen LogP contribution in [0.4, 0.5) is 0 Å². The van der Waals surface area contributed by atoms with Crippen LogP contribution in [0.5, 0.6) is 0 Å². The van der Waals surface area contributed by atoms with Crippen molar-refractivity contribution in [2.45, 2.75) is 0 Å². The average molecular weight is 641 g/mol. The van der Waals surface area contributed by atoms with E-state index < -0.39 is 0 Å². The maximum atomic E-state index is 6.25. The number of rotatable bonds is 5. The highest BCUT2D eigenvalue weighted by atomic mass is 16.3. The molecule has 0 saturated carbocycles. The maximum Gasteiger partial charge on any atom is 0.238 e. The Balaban J connectivity index is 1.21. The van der Waals surface area contributed by atoms with Gasteiger partial charge in [-0.2, -0.15) is 9.97 Å². The van der Waals surface area contributed by atoms with Crippen LogP contribution in [-0.2, 0) is 0 Å². The molecule has 0 aliphatic carbocycles. The molecular weight excluding hydrogens is 613 g/mol. The third kappa shape index (κ3) is 4.60. The first-order valence-corrected chi connectivity index (χ1v) is 16.7. The molecule has 0 saturated heterocycles. The number of para-hydroxylation sites is 2. The smallest absolute Gasteiger partial charge is 0.238 e. The molecule has 0 amide bonds. The van der Waals surface area contributed by atoms with Crippen LogP contribution in [0, 0.1) is 0 Å². The van der Waals surface area contributed by atoms with E-state index in [0.29, 0.717) is 17.6 Å². The molecule has 3 aromatic heterocycles. The Morgan fingerprint density at radius 2 is 0.940 bits per heavy atom. The zero-order valence-electron chi connectivity index (χ0n) is 26.9. The summed E-state index contributed by atoms with van der Waals surface area (Å²) in [6, 6.07) is 58.6. The van der Waals surface area contributed by atoms with Gasteiger partial charge in [-0.1, -0.05) is 146 Å². The first kappa shape index (κ1) is 28.2. The molecule has 50 heavy (non-hydrogen) atoms. The van der Waals surface area contributed by atoms with E-state index in [0.717, 1.165) is 71.6 Å². The van der Waals surface area contributed by atoms with E-state index in [4.69, 9.17) is 19.4 Å². The summed E-state index contributed by atoms with van der Waals surface area (Å²) in [6.07, 6.45) is 0. The van der Waals surface area contributed by atoms with Crippen molar-refractivity contribution in [3.8, 4) is 51.0 Å². The average Bonchev–Trinajstić information content (AvgIpc) is 3.74. The third-order valence-electron chi connectivity index (χ3n) is 9.49. The van der Waals surface area contributed by atoms with Crippen molar-refractivity contribution in [1.29, 1.82) is 0 Å². The summed E-state index contributed by atoms with van der Waals surface area (Å²) < 4.78 is 8.43. The summed E-state index contributed by atoms with van der Waals surface area (Å²) in [5.41, 5.74) is 10.2. The molecule has 7 aromatic carbocycles. The maximum absolute atomic E-state index is 6.25. The lowest BCUT2D eigenvalue weighted by Crippen LogP contribution is -2.06. The van der Waals surface area contributed by atoms with Crippen molar-refractivity contribution in [2.75, 3.05) is 0 Å². The molecule has 0 atom stereocenters. The predicted octanol–water partition coefficient (Wildman–Crippen LogP) is 11.5. The molecule has 0 unspecified atom stereocenters. The molecule has 0 aliphatic heterocycles. The van der Waals surface area contributed by atoms with Gasteiger partial charge in [-0.3, -0.25) is 4.57 Å². The lowest BCUT2D eigenvalue weighted by Gasteiger charge is -2.12. The Kier molecular flexibility index (Phi) is 6.42. The SMILES string of the molecule is c1ccc(-c2ccc(-c3nc(-c4ccccc4)nc(-n4c5ccccc5c5ccc(-c6cccc7oc8ccccc8c67)cc54)n3)cc2)cc1. The topological polar surface area (TPSA) is 56.7 Å². The summed E-state index contributed by atoms with van der Waals surface area (Å²) in [7, 11) is 0. The van der Waals surface area contributed by atoms with E-state index in [1.54, 1.807) is 0 Å². The highest BCUT2D eigenvalue weighted by Gasteiger charge is 2.19. The van der Waals surface area contributed by atoms with Gasteiger partial charge in [0.15, 0.2) is 11.6 Å². The molecule has 0 bridgehead atoms. The van der Waals surface area contributed by atoms with Gasteiger partial charge in [0, 0.05) is 32.7 Å². The Morgan fingerprint density at radius 1 is 0.380 bits per heavy atom. The molecule has 0 aliphatic rings. The van der Waals surface area contributed by atoms with Crippen LogP contribution in [-0.4, -0.2) is 19.5 Å². The molecule has 10 rings (SSSR count). The van der Waals surface area contributed by atoms with E-state index in [9.17, 15) is 0 Å². The van der Waals surface area contributed by atoms with Crippen molar-refractivity contribution in [1.82, 2.24) is 19.5 Å². The monoisotopic (exact) mass is 640 g/mol. The van der Waals surface area contributed by atoms with Crippen LogP contribution < -0.4 is 0 Å². The van der Waals surface area contributed by atoms with Gasteiger partial charge in [0.2, 0.25) is 5.95 Å². The number of aromatic nitrogens is 4. The highest BCUT2D eigenvalue weighted by Crippen LogP contribution is 2.40. The van der Waals surface area contributed by atoms with Crippen LogP contribution in [0.3, 0.4) is 0 Å². The second-order valence-corrected chi connectivity index (χ2v) is 12.5. The van der Waals surface area contributed by atoms with Crippen LogP contribution in [0.15, 0.2) is 174 Å². The number of fused-ring (bicyclic) bond motifs is 6.